The first-order chi connectivity index (χ1) is 22.6. The maximum atomic E-state index is 5.12. The van der Waals surface area contributed by atoms with Gasteiger partial charge in [-0.2, -0.15) is 0 Å². The second-order valence-electron chi connectivity index (χ2n) is 11.8. The average molecular weight is 590 g/mol. The van der Waals surface area contributed by atoms with E-state index in [1.54, 1.807) is 0 Å². The van der Waals surface area contributed by atoms with Crippen LogP contribution in [-0.4, -0.2) is 15.0 Å². The number of rotatable bonds is 5. The van der Waals surface area contributed by atoms with Crippen LogP contribution in [0.25, 0.3) is 78.0 Å². The van der Waals surface area contributed by atoms with Crippen LogP contribution in [-0.2, 0) is 0 Å². The lowest BCUT2D eigenvalue weighted by atomic mass is 9.92. The van der Waals surface area contributed by atoms with Crippen LogP contribution in [0, 0.1) is 13.8 Å². The molecule has 0 saturated carbocycles. The maximum Gasteiger partial charge on any atom is 0.160 e. The number of pyridine rings is 1. The minimum absolute atomic E-state index is 0.721. The van der Waals surface area contributed by atoms with Crippen molar-refractivity contribution in [2.24, 2.45) is 0 Å². The molecular weight excluding hydrogens is 558 g/mol. The summed E-state index contributed by atoms with van der Waals surface area (Å²) in [5, 5.41) is 3.51. The fraction of sp³-hybridized carbons (Fsp3) is 0.0465. The summed E-state index contributed by atoms with van der Waals surface area (Å²) in [4.78, 5) is 15.2. The van der Waals surface area contributed by atoms with Gasteiger partial charge < -0.3 is 0 Å². The van der Waals surface area contributed by atoms with Gasteiger partial charge in [0.05, 0.1) is 22.6 Å². The monoisotopic (exact) mass is 589 g/mol. The van der Waals surface area contributed by atoms with Crippen LogP contribution in [0.2, 0.25) is 0 Å². The quantitative estimate of drug-likeness (QED) is 0.187. The molecule has 0 aliphatic rings. The van der Waals surface area contributed by atoms with Crippen LogP contribution < -0.4 is 0 Å². The van der Waals surface area contributed by atoms with Gasteiger partial charge in [0.2, 0.25) is 0 Å². The van der Waals surface area contributed by atoms with Crippen LogP contribution in [0.3, 0.4) is 0 Å². The van der Waals surface area contributed by atoms with Crippen molar-refractivity contribution in [1.29, 1.82) is 0 Å². The van der Waals surface area contributed by atoms with E-state index in [4.69, 9.17) is 15.0 Å². The number of para-hydroxylation sites is 1. The Labute approximate surface area is 268 Å². The molecule has 2 aromatic heterocycles. The Kier molecular flexibility index (Phi) is 6.92. The summed E-state index contributed by atoms with van der Waals surface area (Å²) >= 11 is 0. The van der Waals surface area contributed by atoms with E-state index >= 15 is 0 Å². The van der Waals surface area contributed by atoms with Crippen molar-refractivity contribution in [3.8, 4) is 56.3 Å². The lowest BCUT2D eigenvalue weighted by Gasteiger charge is -2.14. The van der Waals surface area contributed by atoms with Crippen molar-refractivity contribution in [3.63, 3.8) is 0 Å². The van der Waals surface area contributed by atoms with Crippen molar-refractivity contribution in [2.45, 2.75) is 13.8 Å². The Morgan fingerprint density at radius 1 is 0.391 bits per heavy atom. The summed E-state index contributed by atoms with van der Waals surface area (Å²) < 4.78 is 0. The Morgan fingerprint density at radius 2 is 0.935 bits per heavy atom. The molecule has 0 spiro atoms. The smallest absolute Gasteiger partial charge is 0.160 e. The number of hydrogen-bond donors (Lipinski definition) is 0. The highest BCUT2D eigenvalue weighted by Crippen LogP contribution is 2.39. The van der Waals surface area contributed by atoms with Gasteiger partial charge in [0, 0.05) is 38.4 Å². The van der Waals surface area contributed by atoms with Gasteiger partial charge in [-0.05, 0) is 37.1 Å². The molecule has 0 saturated heterocycles. The Bertz CT molecular complexity index is 2280. The lowest BCUT2D eigenvalue weighted by Crippen LogP contribution is -1.96. The zero-order valence-corrected chi connectivity index (χ0v) is 25.8. The second-order valence-corrected chi connectivity index (χ2v) is 11.8. The normalized spacial score (nSPS) is 11.3. The molecule has 0 N–H and O–H groups in total. The van der Waals surface area contributed by atoms with Gasteiger partial charge in [-0.15, -0.1) is 0 Å². The molecule has 8 aromatic rings. The molecule has 0 amide bonds. The predicted octanol–water partition coefficient (Wildman–Crippen LogP) is 11.1. The first-order valence-corrected chi connectivity index (χ1v) is 15.6. The van der Waals surface area contributed by atoms with Gasteiger partial charge in [0.15, 0.2) is 5.82 Å². The van der Waals surface area contributed by atoms with Gasteiger partial charge in [-0.25, -0.2) is 15.0 Å². The summed E-state index contributed by atoms with van der Waals surface area (Å²) in [6.45, 7) is 4.20. The third-order valence-electron chi connectivity index (χ3n) is 8.65. The van der Waals surface area contributed by atoms with Crippen molar-refractivity contribution in [1.82, 2.24) is 15.0 Å². The lowest BCUT2D eigenvalue weighted by molar-refractivity contribution is 1.18. The van der Waals surface area contributed by atoms with Crippen molar-refractivity contribution in [2.75, 3.05) is 0 Å². The highest BCUT2D eigenvalue weighted by molar-refractivity contribution is 6.17. The molecule has 8 rings (SSSR count). The number of benzene rings is 6. The van der Waals surface area contributed by atoms with Crippen LogP contribution in [0.5, 0.6) is 0 Å². The summed E-state index contributed by atoms with van der Waals surface area (Å²) in [6.07, 6.45) is 0. The van der Waals surface area contributed by atoms with Crippen LogP contribution in [0.15, 0.2) is 152 Å². The molecule has 0 radical (unpaired) electrons. The summed E-state index contributed by atoms with van der Waals surface area (Å²) in [5.74, 6) is 0.721. The van der Waals surface area contributed by atoms with E-state index < -0.39 is 0 Å². The van der Waals surface area contributed by atoms with E-state index in [2.05, 4.69) is 159 Å². The summed E-state index contributed by atoms with van der Waals surface area (Å²) in [7, 11) is 0. The average Bonchev–Trinajstić information content (AvgIpc) is 3.12. The molecule has 0 aliphatic heterocycles. The zero-order valence-electron chi connectivity index (χ0n) is 25.8. The molecule has 46 heavy (non-hydrogen) atoms. The third-order valence-corrected chi connectivity index (χ3v) is 8.65. The second kappa shape index (κ2) is 11.5. The molecule has 6 aromatic carbocycles. The fourth-order valence-corrected chi connectivity index (χ4v) is 6.18. The molecule has 3 nitrogen and oxygen atoms in total. The van der Waals surface area contributed by atoms with Crippen molar-refractivity contribution in [3.05, 3.63) is 163 Å². The van der Waals surface area contributed by atoms with E-state index in [9.17, 15) is 0 Å². The Hall–Kier alpha value is -5.93. The molecule has 218 valence electrons. The topological polar surface area (TPSA) is 38.7 Å². The minimum Gasteiger partial charge on any atom is -0.247 e. The molecule has 0 bridgehead atoms. The zero-order chi connectivity index (χ0) is 31.0. The molecular formula is C43H31N3. The van der Waals surface area contributed by atoms with E-state index in [-0.39, 0.29) is 0 Å². The molecule has 0 atom stereocenters. The predicted molar refractivity (Wildman–Crippen MR) is 191 cm³/mol. The minimum atomic E-state index is 0.721. The Morgan fingerprint density at radius 3 is 1.61 bits per heavy atom. The van der Waals surface area contributed by atoms with E-state index in [0.717, 1.165) is 67.0 Å². The SMILES string of the molecule is Cc1ccc(-c2cc(-c3ccc(-c4cccc5c(-c6ccccc6)nc6ccccc6c45)cc3)nc(-c3ccc(C)cc3)n2)cc1. The summed E-state index contributed by atoms with van der Waals surface area (Å²) in [6, 6.07) is 53.2. The number of aryl methyl sites for hydroxylation is 2. The highest BCUT2D eigenvalue weighted by Gasteiger charge is 2.15. The first kappa shape index (κ1) is 27.6. The number of hydrogen-bond acceptors (Lipinski definition) is 3. The van der Waals surface area contributed by atoms with Crippen LogP contribution in [0.4, 0.5) is 0 Å². The summed E-state index contributed by atoms with van der Waals surface area (Å²) in [5.41, 5.74) is 12.8. The van der Waals surface area contributed by atoms with Crippen molar-refractivity contribution >= 4 is 21.7 Å². The molecule has 0 unspecified atom stereocenters. The molecule has 0 aliphatic carbocycles. The standard InChI is InChI=1S/C43H31N3/c1-28-15-19-31(20-16-28)39-27-40(46-43(45-39)34-21-17-29(2)18-22-34)32-25-23-30(24-26-32)35-12-8-13-37-41(35)36-11-6-7-14-38(36)44-42(37)33-9-4-3-5-10-33/h3-27H,1-2H3. The number of aromatic nitrogens is 3. The van der Waals surface area contributed by atoms with E-state index in [1.807, 2.05) is 6.07 Å². The third kappa shape index (κ3) is 5.12. The Balaban J connectivity index is 1.27. The van der Waals surface area contributed by atoms with Gasteiger partial charge >= 0.3 is 0 Å². The van der Waals surface area contributed by atoms with Gasteiger partial charge in [0.1, 0.15) is 0 Å². The van der Waals surface area contributed by atoms with Gasteiger partial charge in [-0.3, -0.25) is 0 Å². The van der Waals surface area contributed by atoms with E-state index in [1.165, 1.54) is 22.1 Å². The molecule has 2 heterocycles. The number of nitrogens with zero attached hydrogens (tertiary/aromatic N) is 3. The number of fused-ring (bicyclic) bond motifs is 3. The van der Waals surface area contributed by atoms with Crippen LogP contribution >= 0.6 is 0 Å². The van der Waals surface area contributed by atoms with Gasteiger partial charge in [-0.1, -0.05) is 151 Å². The maximum absolute atomic E-state index is 5.12. The molecule has 3 heteroatoms. The first-order valence-electron chi connectivity index (χ1n) is 15.6. The fourth-order valence-electron chi connectivity index (χ4n) is 6.18. The van der Waals surface area contributed by atoms with Crippen molar-refractivity contribution < 1.29 is 0 Å². The van der Waals surface area contributed by atoms with Crippen LogP contribution in [0.1, 0.15) is 11.1 Å². The highest BCUT2D eigenvalue weighted by atomic mass is 14.9. The molecule has 0 fully saturated rings. The van der Waals surface area contributed by atoms with Gasteiger partial charge in [0.25, 0.3) is 0 Å². The van der Waals surface area contributed by atoms with E-state index in [0.29, 0.717) is 0 Å². The largest absolute Gasteiger partial charge is 0.247 e.